The molecule has 3 unspecified atom stereocenters. The number of amides is 1. The van der Waals surface area contributed by atoms with Crippen LogP contribution in [0.3, 0.4) is 0 Å². The largest absolute Gasteiger partial charge is 0.349 e. The number of aromatic nitrogens is 1. The third-order valence-electron chi connectivity index (χ3n) is 7.66. The Balaban J connectivity index is 1.24. The summed E-state index contributed by atoms with van der Waals surface area (Å²) in [7, 11) is 0. The summed E-state index contributed by atoms with van der Waals surface area (Å²) in [6.45, 7) is 4.77. The molecule has 1 N–H and O–H groups in total. The quantitative estimate of drug-likeness (QED) is 0.752. The maximum absolute atomic E-state index is 13.2. The number of carbonyl (C=O) groups excluding carboxylic acids is 1. The van der Waals surface area contributed by atoms with Crippen molar-refractivity contribution in [1.29, 1.82) is 0 Å². The highest BCUT2D eigenvalue weighted by Gasteiger charge is 2.40. The monoisotopic (exact) mass is 421 g/mol. The van der Waals surface area contributed by atoms with Crippen LogP contribution in [0, 0.1) is 24.6 Å². The smallest absolute Gasteiger partial charge is 0.253 e. The highest BCUT2D eigenvalue weighted by atomic mass is 19.1. The third-order valence-corrected chi connectivity index (χ3v) is 7.66. The minimum atomic E-state index is -0.191. The van der Waals surface area contributed by atoms with E-state index in [9.17, 15) is 9.18 Å². The predicted molar refractivity (Wildman–Crippen MR) is 119 cm³/mol. The number of benzene rings is 1. The summed E-state index contributed by atoms with van der Waals surface area (Å²) in [6.07, 6.45) is 7.02. The number of fused-ring (bicyclic) bond motifs is 2. The van der Waals surface area contributed by atoms with Crippen LogP contribution in [-0.2, 0) is 6.54 Å². The van der Waals surface area contributed by atoms with Gasteiger partial charge in [-0.1, -0.05) is 18.6 Å². The van der Waals surface area contributed by atoms with Crippen LogP contribution >= 0.6 is 0 Å². The number of carbonyl (C=O) groups is 1. The van der Waals surface area contributed by atoms with Crippen LogP contribution in [0.4, 0.5) is 4.39 Å². The van der Waals surface area contributed by atoms with Crippen LogP contribution in [0.5, 0.6) is 0 Å². The first kappa shape index (κ1) is 20.6. The molecule has 1 aliphatic heterocycles. The van der Waals surface area contributed by atoms with Gasteiger partial charge in [-0.15, -0.1) is 0 Å². The minimum Gasteiger partial charge on any atom is -0.349 e. The number of likely N-dealkylation sites (tertiary alicyclic amines) is 1. The number of nitrogens with one attached hydrogen (secondary N) is 1. The van der Waals surface area contributed by atoms with Gasteiger partial charge in [-0.2, -0.15) is 0 Å². The average Bonchev–Trinajstić information content (AvgIpc) is 3.39. The molecule has 3 aliphatic rings. The summed E-state index contributed by atoms with van der Waals surface area (Å²) in [6, 6.07) is 11.1. The summed E-state index contributed by atoms with van der Waals surface area (Å²) in [5, 5.41) is 3.35. The molecule has 3 atom stereocenters. The molecule has 5 heteroatoms. The number of hydrogen-bond acceptors (Lipinski definition) is 3. The van der Waals surface area contributed by atoms with E-state index in [1.54, 1.807) is 0 Å². The molecule has 164 valence electrons. The number of piperidine rings is 1. The molecule has 1 saturated heterocycles. The molecule has 0 spiro atoms. The van der Waals surface area contributed by atoms with Crippen LogP contribution < -0.4 is 5.32 Å². The molecule has 31 heavy (non-hydrogen) atoms. The van der Waals surface area contributed by atoms with E-state index in [-0.39, 0.29) is 11.7 Å². The lowest BCUT2D eigenvalue weighted by molar-refractivity contribution is 0.0920. The zero-order valence-electron chi connectivity index (χ0n) is 18.3. The van der Waals surface area contributed by atoms with Crippen LogP contribution in [0.2, 0.25) is 0 Å². The Hall–Kier alpha value is -2.27. The Bertz CT molecular complexity index is 936. The third kappa shape index (κ3) is 4.52. The average molecular weight is 422 g/mol. The molecule has 1 amide bonds. The van der Waals surface area contributed by atoms with Crippen molar-refractivity contribution >= 4 is 5.91 Å². The maximum atomic E-state index is 13.2. The number of nitrogens with zero attached hydrogens (tertiary/aromatic N) is 2. The van der Waals surface area contributed by atoms with Crippen molar-refractivity contribution in [2.45, 2.75) is 64.0 Å². The van der Waals surface area contributed by atoms with Crippen molar-refractivity contribution < 1.29 is 9.18 Å². The minimum absolute atomic E-state index is 0.0637. The van der Waals surface area contributed by atoms with Gasteiger partial charge >= 0.3 is 0 Å². The van der Waals surface area contributed by atoms with E-state index in [4.69, 9.17) is 4.98 Å². The molecule has 5 rings (SSSR count). The second kappa shape index (κ2) is 8.70. The fourth-order valence-corrected chi connectivity index (χ4v) is 5.96. The Kier molecular flexibility index (Phi) is 5.79. The van der Waals surface area contributed by atoms with E-state index in [0.717, 1.165) is 67.3 Å². The first-order valence-corrected chi connectivity index (χ1v) is 11.8. The first-order chi connectivity index (χ1) is 15.0. The van der Waals surface area contributed by atoms with Crippen LogP contribution in [-0.4, -0.2) is 34.9 Å². The number of hydrogen-bond donors (Lipinski definition) is 1. The number of halogens is 1. The topological polar surface area (TPSA) is 45.2 Å². The lowest BCUT2D eigenvalue weighted by Gasteiger charge is -2.32. The SMILES string of the molecule is Cc1ccc(C(=O)NC2CC3CCC2C3)c(C2CCN(Cc3ccc(F)cc3)CC2)n1. The molecule has 2 bridgehead atoms. The zero-order valence-corrected chi connectivity index (χ0v) is 18.3. The van der Waals surface area contributed by atoms with E-state index < -0.39 is 0 Å². The summed E-state index contributed by atoms with van der Waals surface area (Å²) < 4.78 is 13.2. The molecule has 0 radical (unpaired) electrons. The van der Waals surface area contributed by atoms with Gasteiger partial charge in [-0.3, -0.25) is 14.7 Å². The van der Waals surface area contributed by atoms with E-state index in [1.807, 2.05) is 31.2 Å². The van der Waals surface area contributed by atoms with Gasteiger partial charge in [0.15, 0.2) is 0 Å². The Morgan fingerprint density at radius 3 is 2.52 bits per heavy atom. The molecule has 3 fully saturated rings. The molecular formula is C26H32FN3O. The Morgan fingerprint density at radius 2 is 1.84 bits per heavy atom. The second-order valence-corrected chi connectivity index (χ2v) is 9.82. The normalized spacial score (nSPS) is 26.3. The lowest BCUT2D eigenvalue weighted by Crippen LogP contribution is -2.39. The van der Waals surface area contributed by atoms with Gasteiger partial charge in [0.05, 0.1) is 11.3 Å². The lowest BCUT2D eigenvalue weighted by atomic mass is 9.89. The number of aryl methyl sites for hydroxylation is 1. The van der Waals surface area contributed by atoms with Gasteiger partial charge < -0.3 is 5.32 Å². The van der Waals surface area contributed by atoms with Gasteiger partial charge in [0.25, 0.3) is 5.91 Å². The van der Waals surface area contributed by atoms with Crippen LogP contribution in [0.1, 0.15) is 71.8 Å². The fourth-order valence-electron chi connectivity index (χ4n) is 5.96. The Labute approximate surface area is 184 Å². The summed E-state index contributed by atoms with van der Waals surface area (Å²) in [5.74, 6) is 1.67. The van der Waals surface area contributed by atoms with E-state index in [2.05, 4.69) is 10.2 Å². The molecule has 2 aliphatic carbocycles. The van der Waals surface area contributed by atoms with E-state index in [0.29, 0.717) is 17.9 Å². The van der Waals surface area contributed by atoms with Crippen molar-refractivity contribution in [3.63, 3.8) is 0 Å². The molecule has 1 aromatic carbocycles. The van der Waals surface area contributed by atoms with Crippen molar-refractivity contribution in [3.05, 3.63) is 64.7 Å². The zero-order chi connectivity index (χ0) is 21.4. The molecule has 2 heterocycles. The van der Waals surface area contributed by atoms with Gasteiger partial charge in [-0.05, 0) is 93.8 Å². The first-order valence-electron chi connectivity index (χ1n) is 11.8. The van der Waals surface area contributed by atoms with E-state index >= 15 is 0 Å². The van der Waals surface area contributed by atoms with Gasteiger partial charge in [0, 0.05) is 24.2 Å². The molecule has 1 aromatic heterocycles. The Morgan fingerprint density at radius 1 is 1.06 bits per heavy atom. The summed E-state index contributed by atoms with van der Waals surface area (Å²) in [5.41, 5.74) is 3.85. The van der Waals surface area contributed by atoms with Gasteiger partial charge in [-0.25, -0.2) is 4.39 Å². The maximum Gasteiger partial charge on any atom is 0.253 e. The van der Waals surface area contributed by atoms with Gasteiger partial charge in [0.2, 0.25) is 0 Å². The van der Waals surface area contributed by atoms with Crippen molar-refractivity contribution in [2.24, 2.45) is 11.8 Å². The molecule has 2 aromatic rings. The second-order valence-electron chi connectivity index (χ2n) is 9.82. The van der Waals surface area contributed by atoms with Crippen LogP contribution in [0.25, 0.3) is 0 Å². The molecule has 2 saturated carbocycles. The standard InChI is InChI=1S/C26H32FN3O/c1-17-2-9-23(26(31)29-24-15-19-3-6-21(24)14-19)25(28-17)20-10-12-30(13-11-20)16-18-4-7-22(27)8-5-18/h2,4-5,7-9,19-21,24H,3,6,10-16H2,1H3,(H,29,31). The molecule has 4 nitrogen and oxygen atoms in total. The highest BCUT2D eigenvalue weighted by molar-refractivity contribution is 5.95. The van der Waals surface area contributed by atoms with E-state index in [1.165, 1.54) is 31.4 Å². The summed E-state index contributed by atoms with van der Waals surface area (Å²) in [4.78, 5) is 20.4. The fraction of sp³-hybridized carbons (Fsp3) is 0.538. The highest BCUT2D eigenvalue weighted by Crippen LogP contribution is 2.44. The van der Waals surface area contributed by atoms with Crippen molar-refractivity contribution in [3.8, 4) is 0 Å². The summed E-state index contributed by atoms with van der Waals surface area (Å²) >= 11 is 0. The molecular weight excluding hydrogens is 389 g/mol. The van der Waals surface area contributed by atoms with Crippen molar-refractivity contribution in [1.82, 2.24) is 15.2 Å². The predicted octanol–water partition coefficient (Wildman–Crippen LogP) is 4.83. The number of pyridine rings is 1. The number of rotatable bonds is 5. The van der Waals surface area contributed by atoms with Crippen LogP contribution in [0.15, 0.2) is 36.4 Å². The van der Waals surface area contributed by atoms with Gasteiger partial charge in [0.1, 0.15) is 5.82 Å². The van der Waals surface area contributed by atoms with Crippen molar-refractivity contribution in [2.75, 3.05) is 13.1 Å².